The smallest absolute Gasteiger partial charge is 0.0701 e. The van der Waals surface area contributed by atoms with Gasteiger partial charge in [0, 0.05) is 0 Å². The fourth-order valence-corrected chi connectivity index (χ4v) is 2.70. The van der Waals surface area contributed by atoms with E-state index >= 15 is 0 Å². The van der Waals surface area contributed by atoms with E-state index in [-0.39, 0.29) is 6.61 Å². The van der Waals surface area contributed by atoms with Gasteiger partial charge in [-0.15, -0.1) is 0 Å². The molecular weight excluding hydrogens is 272 g/mol. The minimum absolute atomic E-state index is 0.132. The molecule has 132 valence electrons. The molecule has 0 aromatic carbocycles. The summed E-state index contributed by atoms with van der Waals surface area (Å²) in [4.78, 5) is 0. The van der Waals surface area contributed by atoms with Gasteiger partial charge in [0.05, 0.1) is 19.3 Å². The Hall–Kier alpha value is -0.340. The third-order valence-electron chi connectivity index (χ3n) is 4.11. The summed E-state index contributed by atoms with van der Waals surface area (Å²) in [7, 11) is 0. The summed E-state index contributed by atoms with van der Waals surface area (Å²) in [5.74, 6) is 0. The second kappa shape index (κ2) is 18.7. The molecule has 0 aromatic rings. The monoisotopic (exact) mass is 312 g/mol. The van der Waals surface area contributed by atoms with Crippen LogP contribution < -0.4 is 0 Å². The molecule has 2 nitrogen and oxygen atoms in total. The first-order chi connectivity index (χ1) is 10.8. The van der Waals surface area contributed by atoms with Crippen molar-refractivity contribution in [1.82, 2.24) is 0 Å². The first-order valence-electron chi connectivity index (χ1n) is 9.72. The number of hydrogen-bond acceptors (Lipinski definition) is 2. The maximum Gasteiger partial charge on any atom is 0.0701 e. The van der Waals surface area contributed by atoms with E-state index in [1.165, 1.54) is 70.6 Å². The maximum atomic E-state index is 8.91. The van der Waals surface area contributed by atoms with E-state index in [4.69, 9.17) is 9.84 Å². The molecule has 0 heterocycles. The standard InChI is InChI=1S/C20H40O2/c1-3-5-7-9-10-11-12-13-15-17-20(22-19-18-21)16-14-8-6-4-2/h13,15,20-21H,3-12,14,16-19H2,1-2H3/b15-13-. The SMILES string of the molecule is CCCCCCCC/C=C\CC(CCCCCC)OCCO. The molecule has 0 saturated heterocycles. The van der Waals surface area contributed by atoms with Crippen molar-refractivity contribution in [2.45, 2.75) is 103 Å². The van der Waals surface area contributed by atoms with E-state index < -0.39 is 0 Å². The molecule has 0 amide bonds. The zero-order valence-electron chi connectivity index (χ0n) is 15.2. The Labute approximate surface area is 139 Å². The van der Waals surface area contributed by atoms with Crippen LogP contribution in [0.25, 0.3) is 0 Å². The van der Waals surface area contributed by atoms with Crippen molar-refractivity contribution >= 4 is 0 Å². The number of aliphatic hydroxyl groups excluding tert-OH is 1. The molecule has 0 aliphatic rings. The van der Waals surface area contributed by atoms with Gasteiger partial charge in [0.2, 0.25) is 0 Å². The van der Waals surface area contributed by atoms with Gasteiger partial charge >= 0.3 is 0 Å². The Kier molecular flexibility index (Phi) is 18.4. The van der Waals surface area contributed by atoms with Crippen LogP contribution in [0, 0.1) is 0 Å². The molecule has 0 aliphatic heterocycles. The van der Waals surface area contributed by atoms with E-state index in [0.717, 1.165) is 12.8 Å². The summed E-state index contributed by atoms with van der Waals surface area (Å²) < 4.78 is 5.74. The second-order valence-electron chi connectivity index (χ2n) is 6.33. The molecule has 1 atom stereocenters. The first kappa shape index (κ1) is 21.7. The van der Waals surface area contributed by atoms with Gasteiger partial charge in [-0.2, -0.15) is 0 Å². The van der Waals surface area contributed by atoms with E-state index in [9.17, 15) is 0 Å². The van der Waals surface area contributed by atoms with Crippen LogP contribution in [0.1, 0.15) is 97.3 Å². The highest BCUT2D eigenvalue weighted by molar-refractivity contribution is 4.84. The highest BCUT2D eigenvalue weighted by Gasteiger charge is 2.06. The number of unbranched alkanes of at least 4 members (excludes halogenated alkanes) is 9. The summed E-state index contributed by atoms with van der Waals surface area (Å²) >= 11 is 0. The number of rotatable bonds is 17. The lowest BCUT2D eigenvalue weighted by Crippen LogP contribution is -2.14. The summed E-state index contributed by atoms with van der Waals surface area (Å²) in [5, 5.41) is 8.91. The fourth-order valence-electron chi connectivity index (χ4n) is 2.70. The Morgan fingerprint density at radius 2 is 1.45 bits per heavy atom. The van der Waals surface area contributed by atoms with Crippen LogP contribution in [0.5, 0.6) is 0 Å². The molecule has 0 rings (SSSR count). The Morgan fingerprint density at radius 3 is 2.14 bits per heavy atom. The zero-order chi connectivity index (χ0) is 16.3. The van der Waals surface area contributed by atoms with E-state index in [2.05, 4.69) is 26.0 Å². The highest BCUT2D eigenvalue weighted by atomic mass is 16.5. The second-order valence-corrected chi connectivity index (χ2v) is 6.33. The molecule has 22 heavy (non-hydrogen) atoms. The van der Waals surface area contributed by atoms with Gasteiger partial charge in [-0.3, -0.25) is 0 Å². The van der Waals surface area contributed by atoms with Crippen molar-refractivity contribution in [2.24, 2.45) is 0 Å². The summed E-state index contributed by atoms with van der Waals surface area (Å²) in [6.07, 6.45) is 21.6. The quantitative estimate of drug-likeness (QED) is 0.262. The normalized spacial score (nSPS) is 13.0. The fraction of sp³-hybridized carbons (Fsp3) is 0.900. The molecule has 0 fully saturated rings. The molecule has 1 N–H and O–H groups in total. The van der Waals surface area contributed by atoms with Crippen LogP contribution >= 0.6 is 0 Å². The number of hydrogen-bond donors (Lipinski definition) is 1. The van der Waals surface area contributed by atoms with Gasteiger partial charge in [0.15, 0.2) is 0 Å². The van der Waals surface area contributed by atoms with Crippen LogP contribution in [0.2, 0.25) is 0 Å². The van der Waals surface area contributed by atoms with Crippen molar-refractivity contribution in [3.8, 4) is 0 Å². The topological polar surface area (TPSA) is 29.5 Å². The summed E-state index contributed by atoms with van der Waals surface area (Å²) in [6.45, 7) is 5.11. The van der Waals surface area contributed by atoms with Crippen molar-refractivity contribution in [3.05, 3.63) is 12.2 Å². The van der Waals surface area contributed by atoms with Crippen LogP contribution in [-0.2, 0) is 4.74 Å². The lowest BCUT2D eigenvalue weighted by atomic mass is 10.1. The molecule has 0 aliphatic carbocycles. The Morgan fingerprint density at radius 1 is 0.818 bits per heavy atom. The van der Waals surface area contributed by atoms with Gasteiger partial charge in [-0.1, -0.05) is 83.8 Å². The highest BCUT2D eigenvalue weighted by Crippen LogP contribution is 2.13. The molecule has 2 heteroatoms. The van der Waals surface area contributed by atoms with Crippen molar-refractivity contribution in [3.63, 3.8) is 0 Å². The summed E-state index contributed by atoms with van der Waals surface area (Å²) in [5.41, 5.74) is 0. The van der Waals surface area contributed by atoms with E-state index in [1.807, 2.05) is 0 Å². The van der Waals surface area contributed by atoms with E-state index in [1.54, 1.807) is 0 Å². The van der Waals surface area contributed by atoms with Gasteiger partial charge < -0.3 is 9.84 Å². The summed E-state index contributed by atoms with van der Waals surface area (Å²) in [6, 6.07) is 0. The average molecular weight is 313 g/mol. The molecule has 0 saturated carbocycles. The number of allylic oxidation sites excluding steroid dienone is 1. The third-order valence-corrected chi connectivity index (χ3v) is 4.11. The zero-order valence-corrected chi connectivity index (χ0v) is 15.2. The Balaban J connectivity index is 3.64. The van der Waals surface area contributed by atoms with E-state index in [0.29, 0.717) is 12.7 Å². The van der Waals surface area contributed by atoms with Crippen molar-refractivity contribution in [1.29, 1.82) is 0 Å². The van der Waals surface area contributed by atoms with Crippen molar-refractivity contribution in [2.75, 3.05) is 13.2 Å². The largest absolute Gasteiger partial charge is 0.394 e. The lowest BCUT2D eigenvalue weighted by Gasteiger charge is -2.15. The van der Waals surface area contributed by atoms with Crippen LogP contribution in [0.3, 0.4) is 0 Å². The van der Waals surface area contributed by atoms with Crippen LogP contribution in [0.4, 0.5) is 0 Å². The number of aliphatic hydroxyl groups is 1. The first-order valence-corrected chi connectivity index (χ1v) is 9.72. The predicted octanol–water partition coefficient (Wildman–Crippen LogP) is 6.03. The average Bonchev–Trinajstić information content (AvgIpc) is 2.54. The van der Waals surface area contributed by atoms with Gasteiger partial charge in [-0.05, 0) is 25.7 Å². The van der Waals surface area contributed by atoms with Crippen molar-refractivity contribution < 1.29 is 9.84 Å². The minimum atomic E-state index is 0.132. The van der Waals surface area contributed by atoms with Gasteiger partial charge in [0.1, 0.15) is 0 Å². The molecule has 0 bridgehead atoms. The molecule has 0 radical (unpaired) electrons. The van der Waals surface area contributed by atoms with Crippen LogP contribution in [0.15, 0.2) is 12.2 Å². The molecule has 0 aromatic heterocycles. The minimum Gasteiger partial charge on any atom is -0.394 e. The number of ether oxygens (including phenoxy) is 1. The van der Waals surface area contributed by atoms with Gasteiger partial charge in [-0.25, -0.2) is 0 Å². The lowest BCUT2D eigenvalue weighted by molar-refractivity contribution is 0.0245. The van der Waals surface area contributed by atoms with Crippen LogP contribution in [-0.4, -0.2) is 24.4 Å². The molecular formula is C20H40O2. The van der Waals surface area contributed by atoms with Gasteiger partial charge in [0.25, 0.3) is 0 Å². The Bertz CT molecular complexity index is 226. The molecule has 0 spiro atoms. The molecule has 1 unspecified atom stereocenters. The third kappa shape index (κ3) is 16.0. The maximum absolute atomic E-state index is 8.91. The predicted molar refractivity (Wildman–Crippen MR) is 97.3 cm³/mol.